The number of esters is 1. The van der Waals surface area contributed by atoms with Crippen molar-refractivity contribution in [3.8, 4) is 0 Å². The molecule has 0 spiro atoms. The lowest BCUT2D eigenvalue weighted by Crippen LogP contribution is -2.06. The maximum Gasteiger partial charge on any atom is 0.305 e. The number of ether oxygens (including phenoxy) is 1. The summed E-state index contributed by atoms with van der Waals surface area (Å²) in [5.41, 5.74) is 1.30. The van der Waals surface area contributed by atoms with E-state index in [1.165, 1.54) is 24.8 Å². The maximum atomic E-state index is 11.5. The lowest BCUT2D eigenvalue weighted by molar-refractivity contribution is -0.143. The Hall–Kier alpha value is -1.31. The first kappa shape index (κ1) is 15.7. The number of rotatable bonds is 10. The van der Waals surface area contributed by atoms with Crippen LogP contribution in [0.1, 0.15) is 57.4 Å². The van der Waals surface area contributed by atoms with Crippen LogP contribution in [-0.2, 0) is 16.0 Å². The molecule has 19 heavy (non-hydrogen) atoms. The summed E-state index contributed by atoms with van der Waals surface area (Å²) in [5, 5.41) is 0. The Labute approximate surface area is 117 Å². The predicted molar refractivity (Wildman–Crippen MR) is 79.1 cm³/mol. The third-order valence-corrected chi connectivity index (χ3v) is 3.20. The smallest absolute Gasteiger partial charge is 0.305 e. The topological polar surface area (TPSA) is 26.3 Å². The Morgan fingerprint density at radius 3 is 2.47 bits per heavy atom. The maximum absolute atomic E-state index is 11.5. The molecule has 0 radical (unpaired) electrons. The first-order chi connectivity index (χ1) is 9.33. The molecule has 0 aliphatic carbocycles. The van der Waals surface area contributed by atoms with Gasteiger partial charge in [0.2, 0.25) is 0 Å². The van der Waals surface area contributed by atoms with E-state index < -0.39 is 0 Å². The SMILES string of the molecule is CCCCCCCC(=O)OCCCc1ccccc1. The highest BCUT2D eigenvalue weighted by Gasteiger charge is 2.02. The Kier molecular flexibility index (Phi) is 8.78. The van der Waals surface area contributed by atoms with Crippen LogP contribution in [0.2, 0.25) is 0 Å². The summed E-state index contributed by atoms with van der Waals surface area (Å²) in [6.07, 6.45) is 8.32. The average molecular weight is 262 g/mol. The second-order valence-electron chi connectivity index (χ2n) is 4.97. The molecule has 0 saturated carbocycles. The molecule has 0 aromatic heterocycles. The van der Waals surface area contributed by atoms with Crippen molar-refractivity contribution in [3.63, 3.8) is 0 Å². The van der Waals surface area contributed by atoms with Gasteiger partial charge in [-0.05, 0) is 24.8 Å². The molecule has 2 heteroatoms. The summed E-state index contributed by atoms with van der Waals surface area (Å²) in [5.74, 6) is -0.0374. The van der Waals surface area contributed by atoms with E-state index in [9.17, 15) is 4.79 Å². The quantitative estimate of drug-likeness (QED) is 0.457. The molecule has 0 aliphatic heterocycles. The van der Waals surface area contributed by atoms with Crippen LogP contribution in [0.25, 0.3) is 0 Å². The van der Waals surface area contributed by atoms with Crippen LogP contribution in [-0.4, -0.2) is 12.6 Å². The van der Waals surface area contributed by atoms with E-state index in [-0.39, 0.29) is 5.97 Å². The van der Waals surface area contributed by atoms with E-state index in [2.05, 4.69) is 19.1 Å². The Morgan fingerprint density at radius 1 is 1.00 bits per heavy atom. The zero-order chi connectivity index (χ0) is 13.8. The van der Waals surface area contributed by atoms with Crippen molar-refractivity contribution in [2.45, 2.75) is 58.3 Å². The van der Waals surface area contributed by atoms with Crippen molar-refractivity contribution in [1.29, 1.82) is 0 Å². The largest absolute Gasteiger partial charge is 0.466 e. The average Bonchev–Trinajstić information content (AvgIpc) is 2.44. The minimum absolute atomic E-state index is 0.0374. The molecule has 1 aromatic rings. The van der Waals surface area contributed by atoms with Crippen molar-refractivity contribution < 1.29 is 9.53 Å². The fourth-order valence-electron chi connectivity index (χ4n) is 2.05. The first-order valence-electron chi connectivity index (χ1n) is 7.52. The molecule has 1 rings (SSSR count). The fraction of sp³-hybridized carbons (Fsp3) is 0.588. The normalized spacial score (nSPS) is 10.4. The van der Waals surface area contributed by atoms with E-state index in [0.29, 0.717) is 13.0 Å². The van der Waals surface area contributed by atoms with Gasteiger partial charge in [0.25, 0.3) is 0 Å². The molecular weight excluding hydrogens is 236 g/mol. The minimum Gasteiger partial charge on any atom is -0.466 e. The van der Waals surface area contributed by atoms with Gasteiger partial charge in [0.15, 0.2) is 0 Å². The highest BCUT2D eigenvalue weighted by atomic mass is 16.5. The van der Waals surface area contributed by atoms with Crippen LogP contribution in [0.3, 0.4) is 0 Å². The highest BCUT2D eigenvalue weighted by Crippen LogP contribution is 2.06. The summed E-state index contributed by atoms with van der Waals surface area (Å²) < 4.78 is 5.23. The number of hydrogen-bond donors (Lipinski definition) is 0. The number of benzene rings is 1. The van der Waals surface area contributed by atoms with E-state index in [0.717, 1.165) is 25.7 Å². The zero-order valence-corrected chi connectivity index (χ0v) is 12.1. The van der Waals surface area contributed by atoms with Crippen molar-refractivity contribution in [2.24, 2.45) is 0 Å². The van der Waals surface area contributed by atoms with Gasteiger partial charge in [0, 0.05) is 6.42 Å². The lowest BCUT2D eigenvalue weighted by Gasteiger charge is -2.05. The minimum atomic E-state index is -0.0374. The second-order valence-corrected chi connectivity index (χ2v) is 4.97. The zero-order valence-electron chi connectivity index (χ0n) is 12.1. The monoisotopic (exact) mass is 262 g/mol. The van der Waals surface area contributed by atoms with Crippen LogP contribution in [0.4, 0.5) is 0 Å². The second kappa shape index (κ2) is 10.6. The lowest BCUT2D eigenvalue weighted by atomic mass is 10.1. The van der Waals surface area contributed by atoms with E-state index in [1.807, 2.05) is 18.2 Å². The summed E-state index contributed by atoms with van der Waals surface area (Å²) in [4.78, 5) is 11.5. The van der Waals surface area contributed by atoms with Gasteiger partial charge in [-0.15, -0.1) is 0 Å². The molecule has 0 atom stereocenters. The third-order valence-electron chi connectivity index (χ3n) is 3.20. The van der Waals surface area contributed by atoms with Gasteiger partial charge >= 0.3 is 5.97 Å². The van der Waals surface area contributed by atoms with E-state index in [1.54, 1.807) is 0 Å². The third kappa shape index (κ3) is 8.41. The molecule has 0 aliphatic rings. The molecular formula is C17H26O2. The summed E-state index contributed by atoms with van der Waals surface area (Å²) in [6, 6.07) is 10.3. The fourth-order valence-corrected chi connectivity index (χ4v) is 2.05. The molecule has 0 amide bonds. The molecule has 0 fully saturated rings. The van der Waals surface area contributed by atoms with Gasteiger partial charge in [0.1, 0.15) is 0 Å². The van der Waals surface area contributed by atoms with Crippen molar-refractivity contribution >= 4 is 5.97 Å². The van der Waals surface area contributed by atoms with Gasteiger partial charge in [0.05, 0.1) is 6.61 Å². The van der Waals surface area contributed by atoms with Crippen LogP contribution >= 0.6 is 0 Å². The molecule has 0 heterocycles. The molecule has 1 aromatic carbocycles. The number of carbonyl (C=O) groups is 1. The van der Waals surface area contributed by atoms with Crippen LogP contribution in [0.15, 0.2) is 30.3 Å². The molecule has 106 valence electrons. The number of unbranched alkanes of at least 4 members (excludes halogenated alkanes) is 4. The van der Waals surface area contributed by atoms with Crippen molar-refractivity contribution in [1.82, 2.24) is 0 Å². The van der Waals surface area contributed by atoms with Crippen LogP contribution in [0, 0.1) is 0 Å². The Bertz CT molecular complexity index is 332. The molecule has 2 nitrogen and oxygen atoms in total. The van der Waals surface area contributed by atoms with Gasteiger partial charge in [-0.1, -0.05) is 62.9 Å². The van der Waals surface area contributed by atoms with Gasteiger partial charge < -0.3 is 4.74 Å². The van der Waals surface area contributed by atoms with Gasteiger partial charge in [-0.25, -0.2) is 0 Å². The van der Waals surface area contributed by atoms with Crippen molar-refractivity contribution in [3.05, 3.63) is 35.9 Å². The van der Waals surface area contributed by atoms with E-state index >= 15 is 0 Å². The van der Waals surface area contributed by atoms with E-state index in [4.69, 9.17) is 4.74 Å². The predicted octanol–water partition coefficient (Wildman–Crippen LogP) is 4.52. The number of aryl methyl sites for hydroxylation is 1. The van der Waals surface area contributed by atoms with Crippen LogP contribution < -0.4 is 0 Å². The Balaban J connectivity index is 1.95. The Morgan fingerprint density at radius 2 is 1.74 bits per heavy atom. The number of carbonyl (C=O) groups excluding carboxylic acids is 1. The standard InChI is InChI=1S/C17H26O2/c1-2-3-4-5-9-14-17(18)19-15-10-13-16-11-7-6-8-12-16/h6-8,11-12H,2-5,9-10,13-15H2,1H3. The first-order valence-corrected chi connectivity index (χ1v) is 7.52. The molecule has 0 bridgehead atoms. The van der Waals surface area contributed by atoms with Gasteiger partial charge in [-0.3, -0.25) is 4.79 Å². The molecule has 0 unspecified atom stereocenters. The number of hydrogen-bond acceptors (Lipinski definition) is 2. The molecule has 0 saturated heterocycles. The highest BCUT2D eigenvalue weighted by molar-refractivity contribution is 5.69. The van der Waals surface area contributed by atoms with Crippen molar-refractivity contribution in [2.75, 3.05) is 6.61 Å². The summed E-state index contributed by atoms with van der Waals surface area (Å²) in [6.45, 7) is 2.74. The van der Waals surface area contributed by atoms with Crippen LogP contribution in [0.5, 0.6) is 0 Å². The molecule has 0 N–H and O–H groups in total. The summed E-state index contributed by atoms with van der Waals surface area (Å²) >= 11 is 0. The van der Waals surface area contributed by atoms with Gasteiger partial charge in [-0.2, -0.15) is 0 Å². The summed E-state index contributed by atoms with van der Waals surface area (Å²) in [7, 11) is 0.